The first kappa shape index (κ1) is 15.0. The zero-order valence-electron chi connectivity index (χ0n) is 11.8. The number of aryl methyl sites for hydroxylation is 2. The summed E-state index contributed by atoms with van der Waals surface area (Å²) in [6, 6.07) is 4.26. The van der Waals surface area contributed by atoms with Crippen molar-refractivity contribution < 1.29 is 8.81 Å². The molecule has 3 N–H and O–H groups in total. The highest BCUT2D eigenvalue weighted by Crippen LogP contribution is 2.30. The van der Waals surface area contributed by atoms with Crippen molar-refractivity contribution in [3.8, 4) is 0 Å². The summed E-state index contributed by atoms with van der Waals surface area (Å²) < 4.78 is 18.7. The molecule has 1 atom stereocenters. The molecular formula is C15H18ClFN2O. The lowest BCUT2D eigenvalue weighted by Gasteiger charge is -2.17. The molecule has 1 aromatic carbocycles. The van der Waals surface area contributed by atoms with Crippen molar-refractivity contribution in [2.24, 2.45) is 5.84 Å². The van der Waals surface area contributed by atoms with E-state index < -0.39 is 0 Å². The highest BCUT2D eigenvalue weighted by molar-refractivity contribution is 6.31. The van der Waals surface area contributed by atoms with Gasteiger partial charge in [-0.3, -0.25) is 11.3 Å². The third-order valence-corrected chi connectivity index (χ3v) is 3.96. The van der Waals surface area contributed by atoms with Gasteiger partial charge in [-0.2, -0.15) is 0 Å². The molecule has 0 aliphatic heterocycles. The molecule has 1 aromatic heterocycles. The molecular weight excluding hydrogens is 279 g/mol. The number of halogens is 2. The zero-order valence-corrected chi connectivity index (χ0v) is 12.5. The van der Waals surface area contributed by atoms with Gasteiger partial charge >= 0.3 is 0 Å². The van der Waals surface area contributed by atoms with Crippen LogP contribution in [0, 0.1) is 26.6 Å². The van der Waals surface area contributed by atoms with E-state index in [0.717, 1.165) is 28.2 Å². The van der Waals surface area contributed by atoms with Gasteiger partial charge in [-0.05, 0) is 50.5 Å². The number of hydrogen-bond acceptors (Lipinski definition) is 3. The highest BCUT2D eigenvalue weighted by Gasteiger charge is 2.21. The summed E-state index contributed by atoms with van der Waals surface area (Å²) in [5, 5.41) is 0.403. The van der Waals surface area contributed by atoms with E-state index in [1.54, 1.807) is 6.07 Å². The largest absolute Gasteiger partial charge is 0.466 e. The Bertz CT molecular complexity index is 625. The second kappa shape index (κ2) is 5.95. The maximum atomic E-state index is 13.1. The molecule has 20 heavy (non-hydrogen) atoms. The van der Waals surface area contributed by atoms with Gasteiger partial charge in [0.05, 0.1) is 6.04 Å². The second-order valence-electron chi connectivity index (χ2n) is 4.91. The minimum atomic E-state index is -0.345. The third-order valence-electron chi connectivity index (χ3n) is 3.61. The topological polar surface area (TPSA) is 51.2 Å². The van der Waals surface area contributed by atoms with E-state index in [1.165, 1.54) is 12.1 Å². The fraction of sp³-hybridized carbons (Fsp3) is 0.333. The van der Waals surface area contributed by atoms with Crippen molar-refractivity contribution in [2.45, 2.75) is 33.2 Å². The molecule has 0 spiro atoms. The lowest BCUT2D eigenvalue weighted by atomic mass is 9.96. The third kappa shape index (κ3) is 2.87. The first-order valence-corrected chi connectivity index (χ1v) is 6.78. The second-order valence-corrected chi connectivity index (χ2v) is 5.32. The first-order valence-electron chi connectivity index (χ1n) is 6.40. The van der Waals surface area contributed by atoms with Crippen molar-refractivity contribution >= 4 is 11.6 Å². The Hall–Kier alpha value is -1.36. The average Bonchev–Trinajstić information content (AvgIpc) is 2.63. The van der Waals surface area contributed by atoms with Gasteiger partial charge in [0.2, 0.25) is 0 Å². The molecule has 0 fully saturated rings. The van der Waals surface area contributed by atoms with Crippen molar-refractivity contribution in [3.05, 3.63) is 57.2 Å². The Morgan fingerprint density at radius 1 is 1.30 bits per heavy atom. The van der Waals surface area contributed by atoms with Crippen LogP contribution in [0.15, 0.2) is 22.6 Å². The van der Waals surface area contributed by atoms with Crippen molar-refractivity contribution in [1.29, 1.82) is 0 Å². The molecule has 0 aliphatic rings. The molecule has 3 nitrogen and oxygen atoms in total. The average molecular weight is 297 g/mol. The number of hydrogen-bond donors (Lipinski definition) is 2. The highest BCUT2D eigenvalue weighted by atomic mass is 35.5. The molecule has 0 saturated carbocycles. The van der Waals surface area contributed by atoms with Crippen molar-refractivity contribution in [1.82, 2.24) is 5.43 Å². The molecule has 2 rings (SSSR count). The van der Waals surface area contributed by atoms with Gasteiger partial charge in [-0.15, -0.1) is 0 Å². The summed E-state index contributed by atoms with van der Waals surface area (Å²) in [5.74, 6) is 7.04. The quantitative estimate of drug-likeness (QED) is 0.667. The molecule has 5 heteroatoms. The number of benzene rings is 1. The van der Waals surface area contributed by atoms with Crippen molar-refractivity contribution in [3.63, 3.8) is 0 Å². The van der Waals surface area contributed by atoms with Crippen LogP contribution >= 0.6 is 11.6 Å². The molecule has 0 aliphatic carbocycles. The molecule has 2 aromatic rings. The zero-order chi connectivity index (χ0) is 14.9. The maximum absolute atomic E-state index is 13.1. The van der Waals surface area contributed by atoms with Crippen LogP contribution in [0.25, 0.3) is 0 Å². The fourth-order valence-electron chi connectivity index (χ4n) is 2.47. The number of nitrogens with one attached hydrogen (secondary N) is 1. The Morgan fingerprint density at radius 3 is 2.50 bits per heavy atom. The van der Waals surface area contributed by atoms with Crippen LogP contribution in [0.5, 0.6) is 0 Å². The monoisotopic (exact) mass is 296 g/mol. The molecule has 0 saturated heterocycles. The molecule has 0 amide bonds. The van der Waals surface area contributed by atoms with E-state index in [0.29, 0.717) is 11.4 Å². The summed E-state index contributed by atoms with van der Waals surface area (Å²) >= 11 is 6.07. The minimum absolute atomic E-state index is 0.129. The van der Waals surface area contributed by atoms with Gasteiger partial charge in [0.25, 0.3) is 0 Å². The molecule has 1 heterocycles. The molecule has 0 bridgehead atoms. The predicted octanol–water partition coefficient (Wildman–Crippen LogP) is 3.74. The van der Waals surface area contributed by atoms with Gasteiger partial charge in [0.15, 0.2) is 0 Å². The normalized spacial score (nSPS) is 12.7. The summed E-state index contributed by atoms with van der Waals surface area (Å²) in [5.41, 5.74) is 5.74. The lowest BCUT2D eigenvalue weighted by Crippen LogP contribution is -2.30. The summed E-state index contributed by atoms with van der Waals surface area (Å²) in [7, 11) is 0. The Balaban J connectivity index is 2.33. The van der Waals surface area contributed by atoms with Crippen LogP contribution in [0.4, 0.5) is 4.39 Å². The van der Waals surface area contributed by atoms with Crippen LogP contribution in [-0.2, 0) is 6.42 Å². The van der Waals surface area contributed by atoms with Gasteiger partial charge in [-0.25, -0.2) is 4.39 Å². The van der Waals surface area contributed by atoms with Crippen LogP contribution in [0.3, 0.4) is 0 Å². The van der Waals surface area contributed by atoms with Gasteiger partial charge < -0.3 is 4.42 Å². The minimum Gasteiger partial charge on any atom is -0.466 e. The van der Waals surface area contributed by atoms with Gasteiger partial charge in [-0.1, -0.05) is 17.7 Å². The van der Waals surface area contributed by atoms with Gasteiger partial charge in [0.1, 0.15) is 17.3 Å². The summed E-state index contributed by atoms with van der Waals surface area (Å²) in [6.07, 6.45) is 0.566. The molecule has 108 valence electrons. The number of furan rings is 1. The first-order chi connectivity index (χ1) is 9.43. The Kier molecular flexibility index (Phi) is 4.48. The SMILES string of the molecule is Cc1oc(C)c(C(Cc2ccc(F)cc2Cl)NN)c1C. The number of nitrogens with two attached hydrogens (primary N) is 1. The van der Waals surface area contributed by atoms with Crippen LogP contribution in [0.1, 0.15) is 34.3 Å². The Labute approximate surface area is 122 Å². The summed E-state index contributed by atoms with van der Waals surface area (Å²) in [6.45, 7) is 5.83. The smallest absolute Gasteiger partial charge is 0.124 e. The van der Waals surface area contributed by atoms with Crippen LogP contribution in [-0.4, -0.2) is 0 Å². The fourth-order valence-corrected chi connectivity index (χ4v) is 2.72. The standard InChI is InChI=1S/C15H18ClFN2O/c1-8-9(2)20-10(3)15(8)14(19-18)6-11-4-5-12(17)7-13(11)16/h4-5,7,14,19H,6,18H2,1-3H3. The van der Waals surface area contributed by atoms with E-state index >= 15 is 0 Å². The molecule has 1 unspecified atom stereocenters. The van der Waals surface area contributed by atoms with Crippen molar-refractivity contribution in [2.75, 3.05) is 0 Å². The number of rotatable bonds is 4. The van der Waals surface area contributed by atoms with E-state index in [4.69, 9.17) is 21.9 Å². The number of hydrazine groups is 1. The molecule has 0 radical (unpaired) electrons. The van der Waals surface area contributed by atoms with E-state index in [1.807, 2.05) is 20.8 Å². The van der Waals surface area contributed by atoms with E-state index in [-0.39, 0.29) is 11.9 Å². The van der Waals surface area contributed by atoms with E-state index in [9.17, 15) is 4.39 Å². The summed E-state index contributed by atoms with van der Waals surface area (Å²) in [4.78, 5) is 0. The maximum Gasteiger partial charge on any atom is 0.124 e. The van der Waals surface area contributed by atoms with E-state index in [2.05, 4.69) is 5.43 Å². The Morgan fingerprint density at radius 2 is 2.00 bits per heavy atom. The van der Waals surface area contributed by atoms with Crippen LogP contribution < -0.4 is 11.3 Å². The van der Waals surface area contributed by atoms with Crippen LogP contribution in [0.2, 0.25) is 5.02 Å². The van der Waals surface area contributed by atoms with Gasteiger partial charge in [0, 0.05) is 10.6 Å². The lowest BCUT2D eigenvalue weighted by molar-refractivity contribution is 0.484. The predicted molar refractivity (Wildman–Crippen MR) is 78.1 cm³/mol.